The molecule has 5 heterocycles. The summed E-state index contributed by atoms with van der Waals surface area (Å²) in [6.45, 7) is 7.60. The number of rotatable bonds is 5. The number of aromatic hydroxyl groups is 1. The summed E-state index contributed by atoms with van der Waals surface area (Å²) >= 11 is 0. The molecule has 3 aromatic heterocycles. The fourth-order valence-corrected chi connectivity index (χ4v) is 6.01. The number of carbonyl (C=O) groups is 1. The summed E-state index contributed by atoms with van der Waals surface area (Å²) < 4.78 is 14.2. The van der Waals surface area contributed by atoms with E-state index >= 15 is 0 Å². The van der Waals surface area contributed by atoms with Crippen LogP contribution in [0.4, 0.5) is 10.2 Å². The first kappa shape index (κ1) is 27.0. The predicted molar refractivity (Wildman–Crippen MR) is 160 cm³/mol. The Morgan fingerprint density at radius 1 is 1.16 bits per heavy atom. The SMILES string of the molecule is CCc1cc(O)c(F)cc1-c1ccc2c(-c3nc4c([nH]3)CCN(C(=O)c3cnc(N5CCN[C@@H](C)C5)cn3)C4)n[nH]c2c1. The lowest BCUT2D eigenvalue weighted by Crippen LogP contribution is -2.49. The number of piperazine rings is 1. The molecule has 11 nitrogen and oxygen atoms in total. The molecule has 0 saturated carbocycles. The molecule has 7 rings (SSSR count). The lowest BCUT2D eigenvalue weighted by atomic mass is 9.96. The van der Waals surface area contributed by atoms with E-state index in [9.17, 15) is 14.3 Å². The molecule has 220 valence electrons. The van der Waals surface area contributed by atoms with Crippen molar-refractivity contribution in [1.82, 2.24) is 40.3 Å². The number of hydrogen-bond acceptors (Lipinski definition) is 8. The number of hydrogen-bond donors (Lipinski definition) is 4. The number of aromatic amines is 2. The van der Waals surface area contributed by atoms with Gasteiger partial charge in [-0.2, -0.15) is 5.10 Å². The molecule has 1 atom stereocenters. The lowest BCUT2D eigenvalue weighted by molar-refractivity contribution is 0.0725. The monoisotopic (exact) mass is 581 g/mol. The fraction of sp³-hybridized carbons (Fsp3) is 0.323. The second kappa shape index (κ2) is 10.8. The van der Waals surface area contributed by atoms with Crippen LogP contribution in [0.15, 0.2) is 42.7 Å². The van der Waals surface area contributed by atoms with Crippen LogP contribution < -0.4 is 10.2 Å². The second-order valence-corrected chi connectivity index (χ2v) is 11.2. The third kappa shape index (κ3) is 4.97. The van der Waals surface area contributed by atoms with Crippen molar-refractivity contribution in [3.63, 3.8) is 0 Å². The number of imidazole rings is 1. The van der Waals surface area contributed by atoms with Gasteiger partial charge in [0, 0.05) is 49.7 Å². The highest BCUT2D eigenvalue weighted by atomic mass is 19.1. The van der Waals surface area contributed by atoms with Crippen molar-refractivity contribution in [2.45, 2.75) is 39.3 Å². The highest BCUT2D eigenvalue weighted by molar-refractivity contribution is 5.94. The Balaban J connectivity index is 1.09. The Bertz CT molecular complexity index is 1830. The number of aryl methyl sites for hydroxylation is 1. The lowest BCUT2D eigenvalue weighted by Gasteiger charge is -2.32. The molecular formula is C31H32FN9O2. The number of phenols is 1. The minimum absolute atomic E-state index is 0.169. The highest BCUT2D eigenvalue weighted by Crippen LogP contribution is 2.34. The molecule has 2 aliphatic heterocycles. The van der Waals surface area contributed by atoms with Crippen molar-refractivity contribution in [1.29, 1.82) is 0 Å². The van der Waals surface area contributed by atoms with Crippen LogP contribution in [-0.4, -0.2) is 78.3 Å². The number of phenolic OH excluding ortho intramolecular Hbond substituents is 1. The molecular weight excluding hydrogens is 549 g/mol. The zero-order chi connectivity index (χ0) is 29.7. The molecule has 2 aromatic carbocycles. The Labute approximate surface area is 247 Å². The first-order chi connectivity index (χ1) is 20.9. The topological polar surface area (TPSA) is 139 Å². The summed E-state index contributed by atoms with van der Waals surface area (Å²) in [6, 6.07) is 9.01. The minimum atomic E-state index is -0.653. The van der Waals surface area contributed by atoms with E-state index in [1.54, 1.807) is 17.3 Å². The van der Waals surface area contributed by atoms with E-state index in [0.717, 1.165) is 64.4 Å². The molecule has 0 unspecified atom stereocenters. The van der Waals surface area contributed by atoms with Crippen LogP contribution >= 0.6 is 0 Å². The minimum Gasteiger partial charge on any atom is -0.505 e. The first-order valence-electron chi connectivity index (χ1n) is 14.6. The first-order valence-corrected chi connectivity index (χ1v) is 14.6. The van der Waals surface area contributed by atoms with Crippen molar-refractivity contribution in [2.75, 3.05) is 31.1 Å². The van der Waals surface area contributed by atoms with E-state index < -0.39 is 5.82 Å². The Morgan fingerprint density at radius 3 is 2.84 bits per heavy atom. The van der Waals surface area contributed by atoms with Gasteiger partial charge >= 0.3 is 0 Å². The fourth-order valence-electron chi connectivity index (χ4n) is 6.01. The van der Waals surface area contributed by atoms with E-state index in [4.69, 9.17) is 4.98 Å². The van der Waals surface area contributed by atoms with E-state index in [2.05, 4.69) is 42.3 Å². The molecule has 0 spiro atoms. The predicted octanol–water partition coefficient (Wildman–Crippen LogP) is 3.81. The molecule has 1 fully saturated rings. The van der Waals surface area contributed by atoms with Gasteiger partial charge in [0.05, 0.1) is 30.1 Å². The molecule has 2 aliphatic rings. The summed E-state index contributed by atoms with van der Waals surface area (Å²) in [5.41, 5.74) is 5.96. The Kier molecular flexibility index (Phi) is 6.77. The van der Waals surface area contributed by atoms with E-state index in [1.165, 1.54) is 12.1 Å². The van der Waals surface area contributed by atoms with Crippen LogP contribution in [0.2, 0.25) is 0 Å². The van der Waals surface area contributed by atoms with E-state index in [0.29, 0.717) is 49.2 Å². The summed E-state index contributed by atoms with van der Waals surface area (Å²) in [4.78, 5) is 34.4. The van der Waals surface area contributed by atoms with Gasteiger partial charge in [-0.1, -0.05) is 13.0 Å². The van der Waals surface area contributed by atoms with Gasteiger partial charge in [-0.25, -0.2) is 19.3 Å². The molecule has 0 bridgehead atoms. The van der Waals surface area contributed by atoms with E-state index in [1.807, 2.05) is 25.1 Å². The summed E-state index contributed by atoms with van der Waals surface area (Å²) in [5.74, 6) is 0.233. The van der Waals surface area contributed by atoms with Crippen LogP contribution in [0.5, 0.6) is 5.75 Å². The van der Waals surface area contributed by atoms with E-state index in [-0.39, 0.29) is 11.7 Å². The van der Waals surface area contributed by atoms with Crippen LogP contribution in [-0.2, 0) is 19.4 Å². The van der Waals surface area contributed by atoms with Gasteiger partial charge in [-0.15, -0.1) is 0 Å². The average Bonchev–Trinajstić information content (AvgIpc) is 3.65. The number of nitrogens with one attached hydrogen (secondary N) is 3. The molecule has 12 heteroatoms. The maximum atomic E-state index is 14.2. The molecule has 43 heavy (non-hydrogen) atoms. The van der Waals surface area contributed by atoms with Crippen molar-refractivity contribution < 1.29 is 14.3 Å². The third-order valence-electron chi connectivity index (χ3n) is 8.33. The maximum absolute atomic E-state index is 14.2. The summed E-state index contributed by atoms with van der Waals surface area (Å²) in [7, 11) is 0. The quantitative estimate of drug-likeness (QED) is 0.246. The molecule has 0 aliphatic carbocycles. The molecule has 5 aromatic rings. The van der Waals surface area contributed by atoms with Crippen molar-refractivity contribution >= 4 is 22.6 Å². The smallest absolute Gasteiger partial charge is 0.274 e. The van der Waals surface area contributed by atoms with Gasteiger partial charge < -0.3 is 25.2 Å². The summed E-state index contributed by atoms with van der Waals surface area (Å²) in [5, 5.41) is 21.7. The Hall–Kier alpha value is -4.84. The van der Waals surface area contributed by atoms with Gasteiger partial charge in [0.1, 0.15) is 17.2 Å². The maximum Gasteiger partial charge on any atom is 0.274 e. The zero-order valence-corrected chi connectivity index (χ0v) is 24.0. The normalized spacial score (nSPS) is 17.0. The van der Waals surface area contributed by atoms with Crippen molar-refractivity contribution in [2.24, 2.45) is 0 Å². The number of carbonyl (C=O) groups excluding carboxylic acids is 1. The number of nitrogens with zero attached hydrogens (tertiary/aromatic N) is 6. The number of amides is 1. The van der Waals surface area contributed by atoms with Crippen molar-refractivity contribution in [3.05, 3.63) is 71.2 Å². The van der Waals surface area contributed by atoms with Gasteiger partial charge in [-0.3, -0.25) is 9.89 Å². The molecule has 1 saturated heterocycles. The number of fused-ring (bicyclic) bond motifs is 2. The van der Waals surface area contributed by atoms with Crippen molar-refractivity contribution in [3.8, 4) is 28.4 Å². The van der Waals surface area contributed by atoms with Gasteiger partial charge in [0.15, 0.2) is 17.4 Å². The standard InChI is InChI=1S/C31H32FN9O2/c1-3-18-11-27(42)22(32)12-21(18)19-4-5-20-24(10-19)38-39-29(20)30-36-23-6-8-41(16-26(23)37-30)31(43)25-13-35-28(14-34-25)40-9-7-33-17(2)15-40/h4-5,10-14,17,33,42H,3,6-9,15-16H2,1-2H3,(H,36,37)(H,38,39)/t17-/m0/s1. The summed E-state index contributed by atoms with van der Waals surface area (Å²) in [6.07, 6.45) is 4.54. The number of benzene rings is 2. The average molecular weight is 582 g/mol. The van der Waals surface area contributed by atoms with Gasteiger partial charge in [0.25, 0.3) is 5.91 Å². The van der Waals surface area contributed by atoms with Crippen LogP contribution in [0.3, 0.4) is 0 Å². The highest BCUT2D eigenvalue weighted by Gasteiger charge is 2.27. The number of H-pyrrole nitrogens is 2. The van der Waals surface area contributed by atoms with Gasteiger partial charge in [0.2, 0.25) is 0 Å². The molecule has 4 N–H and O–H groups in total. The molecule has 0 radical (unpaired) electrons. The van der Waals surface area contributed by atoms with Crippen LogP contribution in [0.25, 0.3) is 33.5 Å². The number of aromatic nitrogens is 6. The number of anilines is 1. The van der Waals surface area contributed by atoms with Crippen LogP contribution in [0.1, 0.15) is 41.3 Å². The largest absolute Gasteiger partial charge is 0.505 e. The molecule has 1 amide bonds. The van der Waals surface area contributed by atoms with Crippen LogP contribution in [0, 0.1) is 5.82 Å². The third-order valence-corrected chi connectivity index (χ3v) is 8.33. The Morgan fingerprint density at radius 2 is 2.05 bits per heavy atom. The zero-order valence-electron chi connectivity index (χ0n) is 24.0. The number of halogens is 1. The second-order valence-electron chi connectivity index (χ2n) is 11.2. The van der Waals surface area contributed by atoms with Gasteiger partial charge in [-0.05, 0) is 54.3 Å².